The fraction of sp³-hybridized carbons (Fsp3) is 0.462. The monoisotopic (exact) mass is 254 g/mol. The normalized spacial score (nSPS) is 24.1. The van der Waals surface area contributed by atoms with Gasteiger partial charge in [0.05, 0.1) is 5.56 Å². The molecule has 5 heteroatoms. The smallest absolute Gasteiger partial charge is 0.257 e. The van der Waals surface area contributed by atoms with E-state index in [2.05, 4.69) is 5.32 Å². The number of nitrogens with zero attached hydrogens (tertiary/aromatic N) is 1. The van der Waals surface area contributed by atoms with Crippen LogP contribution in [-0.4, -0.2) is 36.0 Å². The molecular weight excluding hydrogens is 238 g/mol. The molecule has 0 bridgehead atoms. The molecule has 1 N–H and O–H groups in total. The molecule has 1 heterocycles. The number of amides is 1. The summed E-state index contributed by atoms with van der Waals surface area (Å²) in [5.41, 5.74) is -0.199. The predicted octanol–water partition coefficient (Wildman–Crippen LogP) is 1.79. The first-order valence-corrected chi connectivity index (χ1v) is 5.99. The minimum absolute atomic E-state index is 0.0380. The number of hydrogen-bond acceptors (Lipinski definition) is 2. The standard InChI is InChI=1S/C13H16F2N2O/c1-8-6-16-7-9(2)17(8)13(18)11-5-10(14)3-4-12(11)15/h3-5,8-9,16H,6-7H2,1-2H3. The molecule has 1 aliphatic heterocycles. The molecular formula is C13H16F2N2O. The number of carbonyl (C=O) groups excluding carboxylic acids is 1. The van der Waals surface area contributed by atoms with Gasteiger partial charge in [-0.25, -0.2) is 8.78 Å². The van der Waals surface area contributed by atoms with E-state index in [0.29, 0.717) is 13.1 Å². The maximum atomic E-state index is 13.6. The topological polar surface area (TPSA) is 32.3 Å². The second-order valence-electron chi connectivity index (χ2n) is 4.69. The van der Waals surface area contributed by atoms with Crippen LogP contribution in [0.5, 0.6) is 0 Å². The highest BCUT2D eigenvalue weighted by molar-refractivity contribution is 5.95. The second kappa shape index (κ2) is 5.02. The summed E-state index contributed by atoms with van der Waals surface area (Å²) in [6.07, 6.45) is 0. The van der Waals surface area contributed by atoms with E-state index in [1.165, 1.54) is 0 Å². The van der Waals surface area contributed by atoms with Crippen LogP contribution in [0.4, 0.5) is 8.78 Å². The van der Waals surface area contributed by atoms with E-state index in [0.717, 1.165) is 18.2 Å². The Balaban J connectivity index is 2.32. The van der Waals surface area contributed by atoms with E-state index in [-0.39, 0.29) is 17.6 Å². The lowest BCUT2D eigenvalue weighted by Gasteiger charge is -2.39. The van der Waals surface area contributed by atoms with Gasteiger partial charge < -0.3 is 10.2 Å². The van der Waals surface area contributed by atoms with Crippen molar-refractivity contribution < 1.29 is 13.6 Å². The summed E-state index contributed by atoms with van der Waals surface area (Å²) < 4.78 is 26.7. The van der Waals surface area contributed by atoms with Gasteiger partial charge in [0, 0.05) is 25.2 Å². The zero-order valence-electron chi connectivity index (χ0n) is 10.4. The first-order chi connectivity index (χ1) is 8.50. The molecule has 98 valence electrons. The van der Waals surface area contributed by atoms with E-state index in [9.17, 15) is 13.6 Å². The molecule has 3 nitrogen and oxygen atoms in total. The number of rotatable bonds is 1. The Kier molecular flexibility index (Phi) is 3.61. The quantitative estimate of drug-likeness (QED) is 0.828. The van der Waals surface area contributed by atoms with Crippen molar-refractivity contribution in [2.45, 2.75) is 25.9 Å². The van der Waals surface area contributed by atoms with Gasteiger partial charge in [0.2, 0.25) is 0 Å². The molecule has 1 fully saturated rings. The summed E-state index contributed by atoms with van der Waals surface area (Å²) in [5.74, 6) is -1.73. The summed E-state index contributed by atoms with van der Waals surface area (Å²) in [4.78, 5) is 13.9. The van der Waals surface area contributed by atoms with Gasteiger partial charge in [0.25, 0.3) is 5.91 Å². The first kappa shape index (κ1) is 13.0. The van der Waals surface area contributed by atoms with Crippen molar-refractivity contribution >= 4 is 5.91 Å². The Bertz CT molecular complexity index is 454. The average Bonchev–Trinajstić information content (AvgIpc) is 2.32. The summed E-state index contributed by atoms with van der Waals surface area (Å²) in [7, 11) is 0. The Hall–Kier alpha value is -1.49. The van der Waals surface area contributed by atoms with Crippen molar-refractivity contribution in [1.82, 2.24) is 10.2 Å². The molecule has 0 saturated carbocycles. The van der Waals surface area contributed by atoms with E-state index >= 15 is 0 Å². The molecule has 2 atom stereocenters. The lowest BCUT2D eigenvalue weighted by atomic mass is 10.1. The first-order valence-electron chi connectivity index (χ1n) is 5.99. The summed E-state index contributed by atoms with van der Waals surface area (Å²) in [6, 6.07) is 2.88. The summed E-state index contributed by atoms with van der Waals surface area (Å²) >= 11 is 0. The molecule has 0 radical (unpaired) electrons. The van der Waals surface area contributed by atoms with Gasteiger partial charge in [0.15, 0.2) is 0 Å². The van der Waals surface area contributed by atoms with E-state index in [4.69, 9.17) is 0 Å². The minimum atomic E-state index is -0.681. The fourth-order valence-corrected chi connectivity index (χ4v) is 2.33. The van der Waals surface area contributed by atoms with Gasteiger partial charge in [-0.3, -0.25) is 4.79 Å². The van der Waals surface area contributed by atoms with Crippen LogP contribution in [0.25, 0.3) is 0 Å². The number of nitrogens with one attached hydrogen (secondary N) is 1. The summed E-state index contributed by atoms with van der Waals surface area (Å²) in [6.45, 7) is 5.09. The van der Waals surface area contributed by atoms with Crippen LogP contribution in [0.1, 0.15) is 24.2 Å². The highest BCUT2D eigenvalue weighted by atomic mass is 19.1. The van der Waals surface area contributed by atoms with Crippen molar-refractivity contribution in [3.8, 4) is 0 Å². The van der Waals surface area contributed by atoms with Crippen LogP contribution in [0.2, 0.25) is 0 Å². The van der Waals surface area contributed by atoms with Gasteiger partial charge in [-0.15, -0.1) is 0 Å². The minimum Gasteiger partial charge on any atom is -0.331 e. The second-order valence-corrected chi connectivity index (χ2v) is 4.69. The van der Waals surface area contributed by atoms with Crippen LogP contribution in [0.15, 0.2) is 18.2 Å². The van der Waals surface area contributed by atoms with Crippen molar-refractivity contribution in [3.63, 3.8) is 0 Å². The maximum absolute atomic E-state index is 13.6. The van der Waals surface area contributed by atoms with Gasteiger partial charge in [-0.05, 0) is 32.0 Å². The zero-order valence-corrected chi connectivity index (χ0v) is 10.4. The van der Waals surface area contributed by atoms with Gasteiger partial charge in [-0.1, -0.05) is 0 Å². The number of piperazine rings is 1. The number of hydrogen-bond donors (Lipinski definition) is 1. The third-order valence-electron chi connectivity index (χ3n) is 3.22. The highest BCUT2D eigenvalue weighted by Crippen LogP contribution is 2.18. The Labute approximate surface area is 105 Å². The lowest BCUT2D eigenvalue weighted by molar-refractivity contribution is 0.0539. The van der Waals surface area contributed by atoms with Crippen molar-refractivity contribution in [2.75, 3.05) is 13.1 Å². The third-order valence-corrected chi connectivity index (χ3v) is 3.22. The van der Waals surface area contributed by atoms with E-state index in [1.54, 1.807) is 4.90 Å². The maximum Gasteiger partial charge on any atom is 0.257 e. The molecule has 0 aromatic heterocycles. The molecule has 1 aliphatic rings. The SMILES string of the molecule is CC1CNCC(C)N1C(=O)c1cc(F)ccc1F. The van der Waals surface area contributed by atoms with Gasteiger partial charge in [0.1, 0.15) is 11.6 Å². The van der Waals surface area contributed by atoms with Crippen LogP contribution < -0.4 is 5.32 Å². The van der Waals surface area contributed by atoms with Gasteiger partial charge >= 0.3 is 0 Å². The van der Waals surface area contributed by atoms with Crippen LogP contribution in [0, 0.1) is 11.6 Å². The molecule has 2 rings (SSSR count). The lowest BCUT2D eigenvalue weighted by Crippen LogP contribution is -2.57. The van der Waals surface area contributed by atoms with E-state index in [1.807, 2.05) is 13.8 Å². The molecule has 1 saturated heterocycles. The van der Waals surface area contributed by atoms with Crippen LogP contribution >= 0.6 is 0 Å². The van der Waals surface area contributed by atoms with Crippen LogP contribution in [0.3, 0.4) is 0 Å². The number of halogens is 2. The summed E-state index contributed by atoms with van der Waals surface area (Å²) in [5, 5.41) is 3.18. The highest BCUT2D eigenvalue weighted by Gasteiger charge is 2.30. The molecule has 1 aromatic carbocycles. The Morgan fingerprint density at radius 2 is 1.89 bits per heavy atom. The zero-order chi connectivity index (χ0) is 13.3. The predicted molar refractivity (Wildman–Crippen MR) is 64.3 cm³/mol. The molecule has 2 unspecified atom stereocenters. The Morgan fingerprint density at radius 1 is 1.28 bits per heavy atom. The molecule has 1 aromatic rings. The average molecular weight is 254 g/mol. The third kappa shape index (κ3) is 2.36. The molecule has 0 spiro atoms. The van der Waals surface area contributed by atoms with E-state index < -0.39 is 17.5 Å². The van der Waals surface area contributed by atoms with Crippen LogP contribution in [-0.2, 0) is 0 Å². The van der Waals surface area contributed by atoms with Crippen molar-refractivity contribution in [1.29, 1.82) is 0 Å². The van der Waals surface area contributed by atoms with Gasteiger partial charge in [-0.2, -0.15) is 0 Å². The number of benzene rings is 1. The Morgan fingerprint density at radius 3 is 2.50 bits per heavy atom. The molecule has 0 aliphatic carbocycles. The van der Waals surface area contributed by atoms with Crippen molar-refractivity contribution in [2.24, 2.45) is 0 Å². The largest absolute Gasteiger partial charge is 0.331 e. The fourth-order valence-electron chi connectivity index (χ4n) is 2.33. The van der Waals surface area contributed by atoms with Crippen molar-refractivity contribution in [3.05, 3.63) is 35.4 Å². The number of carbonyl (C=O) groups is 1. The molecule has 1 amide bonds. The molecule has 18 heavy (non-hydrogen) atoms.